The lowest BCUT2D eigenvalue weighted by Crippen LogP contribution is -2.37. The molecule has 0 aliphatic rings. The van der Waals surface area contributed by atoms with Crippen molar-refractivity contribution in [2.45, 2.75) is 46.1 Å². The van der Waals surface area contributed by atoms with Crippen LogP contribution in [0.15, 0.2) is 53.0 Å². The van der Waals surface area contributed by atoms with Crippen molar-refractivity contribution in [1.29, 1.82) is 0 Å². The van der Waals surface area contributed by atoms with Crippen LogP contribution in [0.5, 0.6) is 11.5 Å². The number of benzene rings is 2. The average molecular weight is 606 g/mol. The molecule has 2 aromatic carbocycles. The summed E-state index contributed by atoms with van der Waals surface area (Å²) in [7, 11) is 2.89. The molecule has 0 aliphatic carbocycles. The van der Waals surface area contributed by atoms with Crippen molar-refractivity contribution in [1.82, 2.24) is 4.98 Å². The Hall–Kier alpha value is -3.77. The number of hydrogen-bond acceptors (Lipinski definition) is 8. The molecule has 208 valence electrons. The van der Waals surface area contributed by atoms with Crippen LogP contribution in [0.1, 0.15) is 37.6 Å². The number of aromatic nitrogens is 1. The summed E-state index contributed by atoms with van der Waals surface area (Å²) in [4.78, 5) is 29.6. The minimum absolute atomic E-state index is 0.0436. The lowest BCUT2D eigenvalue weighted by atomic mass is 10.2. The van der Waals surface area contributed by atoms with Gasteiger partial charge in [-0.2, -0.15) is 0 Å². The SMILES string of the molecule is COc1ccc(CN(C(=O)OC(C)(C)C)c2ccc(F)c(COCc3cc(Br)c(OC)c([N+](=O)[O-])c3)n2)cc1. The number of pyridine rings is 1. The van der Waals surface area contributed by atoms with E-state index in [2.05, 4.69) is 20.9 Å². The van der Waals surface area contributed by atoms with Gasteiger partial charge in [0.05, 0.1) is 43.4 Å². The Kier molecular flexibility index (Phi) is 9.81. The number of anilines is 1. The number of hydrogen-bond donors (Lipinski definition) is 0. The van der Waals surface area contributed by atoms with Crippen molar-refractivity contribution in [2.24, 2.45) is 0 Å². The molecule has 0 atom stereocenters. The summed E-state index contributed by atoms with van der Waals surface area (Å²) in [6, 6.07) is 12.7. The van der Waals surface area contributed by atoms with E-state index in [0.717, 1.165) is 5.56 Å². The Labute approximate surface area is 233 Å². The van der Waals surface area contributed by atoms with Crippen LogP contribution in [0.3, 0.4) is 0 Å². The van der Waals surface area contributed by atoms with Gasteiger partial charge in [-0.3, -0.25) is 15.0 Å². The molecule has 12 heteroatoms. The highest BCUT2D eigenvalue weighted by atomic mass is 79.9. The van der Waals surface area contributed by atoms with E-state index in [1.165, 1.54) is 30.2 Å². The Morgan fingerprint density at radius 3 is 2.33 bits per heavy atom. The average Bonchev–Trinajstić information content (AvgIpc) is 2.87. The van der Waals surface area contributed by atoms with E-state index in [1.54, 1.807) is 58.2 Å². The Bertz CT molecular complexity index is 1330. The zero-order valence-corrected chi connectivity index (χ0v) is 23.8. The smallest absolute Gasteiger partial charge is 0.416 e. The van der Waals surface area contributed by atoms with Gasteiger partial charge in [-0.1, -0.05) is 12.1 Å². The van der Waals surface area contributed by atoms with Crippen LogP contribution in [0.2, 0.25) is 0 Å². The molecule has 0 saturated carbocycles. The van der Waals surface area contributed by atoms with Gasteiger partial charge in [0.2, 0.25) is 5.75 Å². The van der Waals surface area contributed by atoms with Crippen LogP contribution in [0.25, 0.3) is 0 Å². The molecule has 39 heavy (non-hydrogen) atoms. The van der Waals surface area contributed by atoms with Gasteiger partial charge in [0.25, 0.3) is 0 Å². The molecule has 0 fully saturated rings. The second kappa shape index (κ2) is 12.9. The number of amides is 1. The number of methoxy groups -OCH3 is 2. The maximum atomic E-state index is 14.7. The number of nitro benzene ring substituents is 1. The fourth-order valence-electron chi connectivity index (χ4n) is 3.51. The van der Waals surface area contributed by atoms with Crippen LogP contribution in [0.4, 0.5) is 20.7 Å². The topological polar surface area (TPSA) is 113 Å². The van der Waals surface area contributed by atoms with Crippen LogP contribution >= 0.6 is 15.9 Å². The summed E-state index contributed by atoms with van der Waals surface area (Å²) in [5.41, 5.74) is 0.204. The third-order valence-electron chi connectivity index (χ3n) is 5.29. The molecule has 3 aromatic rings. The lowest BCUT2D eigenvalue weighted by Gasteiger charge is -2.27. The number of nitro groups is 1. The number of carbonyl (C=O) groups is 1. The first-order valence-electron chi connectivity index (χ1n) is 11.8. The predicted molar refractivity (Wildman–Crippen MR) is 145 cm³/mol. The zero-order valence-electron chi connectivity index (χ0n) is 22.2. The third kappa shape index (κ3) is 8.11. The molecule has 0 aliphatic heterocycles. The van der Waals surface area contributed by atoms with Crippen LogP contribution in [-0.4, -0.2) is 35.8 Å². The third-order valence-corrected chi connectivity index (χ3v) is 5.88. The summed E-state index contributed by atoms with van der Waals surface area (Å²) < 4.78 is 36.5. The van der Waals surface area contributed by atoms with Gasteiger partial charge in [0, 0.05) is 6.07 Å². The molecule has 1 heterocycles. The van der Waals surface area contributed by atoms with Crippen LogP contribution < -0.4 is 14.4 Å². The van der Waals surface area contributed by atoms with Gasteiger partial charge in [-0.25, -0.2) is 14.2 Å². The molecule has 0 spiro atoms. The van der Waals surface area contributed by atoms with E-state index in [4.69, 9.17) is 18.9 Å². The highest BCUT2D eigenvalue weighted by molar-refractivity contribution is 9.10. The minimum Gasteiger partial charge on any atom is -0.497 e. The van der Waals surface area contributed by atoms with Crippen LogP contribution in [-0.2, 0) is 29.2 Å². The number of halogens is 2. The maximum Gasteiger partial charge on any atom is 0.416 e. The number of carbonyl (C=O) groups excluding carboxylic acids is 1. The van der Waals surface area contributed by atoms with E-state index >= 15 is 0 Å². The standard InChI is InChI=1S/C27H29BrFN3O7/c1-27(2,3)39-26(33)31(14-17-6-8-19(36-4)9-7-17)24-11-10-21(29)22(30-24)16-38-15-18-12-20(28)25(37-5)23(13-18)32(34)35/h6-13H,14-16H2,1-5H3. The summed E-state index contributed by atoms with van der Waals surface area (Å²) in [6.45, 7) is 5.04. The van der Waals surface area contributed by atoms with Crippen molar-refractivity contribution in [2.75, 3.05) is 19.1 Å². The number of nitrogens with zero attached hydrogens (tertiary/aromatic N) is 3. The summed E-state index contributed by atoms with van der Waals surface area (Å²) in [5.74, 6) is 0.288. The quantitative estimate of drug-likeness (QED) is 0.188. The number of rotatable bonds is 10. The van der Waals surface area contributed by atoms with Gasteiger partial charge < -0.3 is 18.9 Å². The van der Waals surface area contributed by atoms with Crippen LogP contribution in [0, 0.1) is 15.9 Å². The zero-order chi connectivity index (χ0) is 28.7. The van der Waals surface area contributed by atoms with E-state index in [9.17, 15) is 19.3 Å². The Morgan fingerprint density at radius 2 is 1.74 bits per heavy atom. The van der Waals surface area contributed by atoms with E-state index < -0.39 is 22.4 Å². The highest BCUT2D eigenvalue weighted by Gasteiger charge is 2.26. The van der Waals surface area contributed by atoms with Gasteiger partial charge in [0.15, 0.2) is 0 Å². The van der Waals surface area contributed by atoms with Crippen molar-refractivity contribution in [3.8, 4) is 11.5 Å². The number of ether oxygens (including phenoxy) is 4. The maximum absolute atomic E-state index is 14.7. The fourth-order valence-corrected chi connectivity index (χ4v) is 4.17. The van der Waals surface area contributed by atoms with Gasteiger partial charge in [0.1, 0.15) is 28.7 Å². The molecule has 0 unspecified atom stereocenters. The monoisotopic (exact) mass is 605 g/mol. The Morgan fingerprint density at radius 1 is 1.05 bits per heavy atom. The minimum atomic E-state index is -0.767. The van der Waals surface area contributed by atoms with Gasteiger partial charge in [-0.05, 0) is 78.2 Å². The van der Waals surface area contributed by atoms with Gasteiger partial charge >= 0.3 is 11.8 Å². The summed E-state index contributed by atoms with van der Waals surface area (Å²) >= 11 is 3.26. The van der Waals surface area contributed by atoms with Crippen molar-refractivity contribution in [3.63, 3.8) is 0 Å². The summed E-state index contributed by atoms with van der Waals surface area (Å²) in [5, 5.41) is 11.4. The van der Waals surface area contributed by atoms with Crippen molar-refractivity contribution >= 4 is 33.5 Å². The van der Waals surface area contributed by atoms with Crippen molar-refractivity contribution < 1.29 is 33.1 Å². The molecule has 0 radical (unpaired) electrons. The molecule has 0 N–H and O–H groups in total. The Balaban J connectivity index is 1.83. The fraction of sp³-hybridized carbons (Fsp3) is 0.333. The first-order chi connectivity index (χ1) is 18.4. The van der Waals surface area contributed by atoms with Gasteiger partial charge in [-0.15, -0.1) is 0 Å². The molecule has 1 aromatic heterocycles. The molecule has 10 nitrogen and oxygen atoms in total. The first-order valence-corrected chi connectivity index (χ1v) is 12.6. The largest absolute Gasteiger partial charge is 0.497 e. The van der Waals surface area contributed by atoms with E-state index in [-0.39, 0.29) is 42.7 Å². The summed E-state index contributed by atoms with van der Waals surface area (Å²) in [6.07, 6.45) is -0.653. The van der Waals surface area contributed by atoms with Crippen molar-refractivity contribution in [3.05, 3.63) is 85.8 Å². The second-order valence-corrected chi connectivity index (χ2v) is 10.2. The molecule has 1 amide bonds. The predicted octanol–water partition coefficient (Wildman–Crippen LogP) is 6.57. The highest BCUT2D eigenvalue weighted by Crippen LogP contribution is 2.36. The lowest BCUT2D eigenvalue weighted by molar-refractivity contribution is -0.385. The molecule has 3 rings (SSSR count). The van der Waals surface area contributed by atoms with E-state index in [0.29, 0.717) is 15.8 Å². The van der Waals surface area contributed by atoms with E-state index in [1.807, 2.05) is 0 Å². The second-order valence-electron chi connectivity index (χ2n) is 9.39. The molecular formula is C27H29BrFN3O7. The first kappa shape index (κ1) is 29.8. The molecule has 0 bridgehead atoms. The molecule has 0 saturated heterocycles. The normalized spacial score (nSPS) is 11.2. The molecular weight excluding hydrogens is 577 g/mol.